The fraction of sp³-hybridized carbons (Fsp3) is 0.333. The molecule has 2 aromatic rings. The number of hydrogen-bond acceptors (Lipinski definition) is 6. The van der Waals surface area contributed by atoms with Crippen LogP contribution >= 0.6 is 0 Å². The van der Waals surface area contributed by atoms with Crippen molar-refractivity contribution in [1.82, 2.24) is 15.5 Å². The van der Waals surface area contributed by atoms with E-state index < -0.39 is 0 Å². The SMILES string of the molecule is COc1cc(CNCCc2ncno2)ccc1O. The molecule has 0 atom stereocenters. The molecule has 1 aromatic heterocycles. The Kier molecular flexibility index (Phi) is 4.14. The number of phenolic OH excluding ortho intramolecular Hbond substituents is 1. The van der Waals surface area contributed by atoms with E-state index in [-0.39, 0.29) is 5.75 Å². The molecule has 6 nitrogen and oxygen atoms in total. The topological polar surface area (TPSA) is 80.4 Å². The minimum absolute atomic E-state index is 0.145. The van der Waals surface area contributed by atoms with E-state index in [9.17, 15) is 5.11 Å². The highest BCUT2D eigenvalue weighted by molar-refractivity contribution is 5.41. The molecule has 96 valence electrons. The molecule has 0 spiro atoms. The summed E-state index contributed by atoms with van der Waals surface area (Å²) in [4.78, 5) is 3.93. The Morgan fingerprint density at radius 3 is 3.06 bits per heavy atom. The van der Waals surface area contributed by atoms with E-state index in [0.29, 0.717) is 24.6 Å². The van der Waals surface area contributed by atoms with Crippen LogP contribution in [0.5, 0.6) is 11.5 Å². The van der Waals surface area contributed by atoms with Crippen LogP contribution in [0.25, 0.3) is 0 Å². The molecule has 0 fully saturated rings. The molecule has 1 heterocycles. The van der Waals surface area contributed by atoms with Gasteiger partial charge >= 0.3 is 0 Å². The minimum atomic E-state index is 0.145. The molecule has 18 heavy (non-hydrogen) atoms. The van der Waals surface area contributed by atoms with Gasteiger partial charge in [-0.1, -0.05) is 11.2 Å². The van der Waals surface area contributed by atoms with Gasteiger partial charge in [-0.15, -0.1) is 0 Å². The number of aromatic nitrogens is 2. The van der Waals surface area contributed by atoms with Crippen LogP contribution in [0.1, 0.15) is 11.5 Å². The molecule has 0 bridgehead atoms. The second-order valence-electron chi connectivity index (χ2n) is 3.77. The van der Waals surface area contributed by atoms with Crippen molar-refractivity contribution < 1.29 is 14.4 Å². The number of ether oxygens (including phenoxy) is 1. The molecular formula is C12H15N3O3. The minimum Gasteiger partial charge on any atom is -0.504 e. The molecular weight excluding hydrogens is 234 g/mol. The van der Waals surface area contributed by atoms with Crippen LogP contribution in [-0.2, 0) is 13.0 Å². The maximum absolute atomic E-state index is 9.46. The van der Waals surface area contributed by atoms with E-state index in [1.165, 1.54) is 13.4 Å². The third-order valence-electron chi connectivity index (χ3n) is 2.50. The molecule has 2 rings (SSSR count). The van der Waals surface area contributed by atoms with Crippen LogP contribution in [0.3, 0.4) is 0 Å². The van der Waals surface area contributed by atoms with Gasteiger partial charge in [-0.25, -0.2) is 0 Å². The highest BCUT2D eigenvalue weighted by Gasteiger charge is 2.03. The van der Waals surface area contributed by atoms with Crippen LogP contribution < -0.4 is 10.1 Å². The van der Waals surface area contributed by atoms with Crippen molar-refractivity contribution in [2.45, 2.75) is 13.0 Å². The Labute approximate surface area is 105 Å². The van der Waals surface area contributed by atoms with Gasteiger partial charge in [0.2, 0.25) is 5.89 Å². The summed E-state index contributed by atoms with van der Waals surface area (Å²) in [6.45, 7) is 1.43. The zero-order chi connectivity index (χ0) is 12.8. The molecule has 6 heteroatoms. The summed E-state index contributed by atoms with van der Waals surface area (Å²) in [5.41, 5.74) is 1.04. The van der Waals surface area contributed by atoms with Crippen molar-refractivity contribution in [3.8, 4) is 11.5 Å². The van der Waals surface area contributed by atoms with Gasteiger partial charge in [0.15, 0.2) is 17.8 Å². The quantitative estimate of drug-likeness (QED) is 0.747. The van der Waals surface area contributed by atoms with Gasteiger partial charge in [0.1, 0.15) is 0 Å². The van der Waals surface area contributed by atoms with Gasteiger partial charge in [0.05, 0.1) is 7.11 Å². The summed E-state index contributed by atoms with van der Waals surface area (Å²) in [5.74, 6) is 1.24. The van der Waals surface area contributed by atoms with Gasteiger partial charge in [-0.05, 0) is 17.7 Å². The number of rotatable bonds is 6. The van der Waals surface area contributed by atoms with Gasteiger partial charge in [-0.2, -0.15) is 4.98 Å². The summed E-state index contributed by atoms with van der Waals surface area (Å²) in [6.07, 6.45) is 2.08. The van der Waals surface area contributed by atoms with Crippen LogP contribution in [0, 0.1) is 0 Å². The van der Waals surface area contributed by atoms with Crippen molar-refractivity contribution >= 4 is 0 Å². The van der Waals surface area contributed by atoms with E-state index in [1.54, 1.807) is 12.1 Å². The first-order chi connectivity index (χ1) is 8.79. The Bertz CT molecular complexity index is 485. The molecule has 1 aromatic carbocycles. The Morgan fingerprint density at radius 1 is 1.44 bits per heavy atom. The average molecular weight is 249 g/mol. The molecule has 0 saturated carbocycles. The van der Waals surface area contributed by atoms with Gasteiger partial charge in [0.25, 0.3) is 0 Å². The fourth-order valence-electron chi connectivity index (χ4n) is 1.57. The summed E-state index contributed by atoms with van der Waals surface area (Å²) < 4.78 is 9.92. The van der Waals surface area contributed by atoms with E-state index in [0.717, 1.165) is 12.1 Å². The van der Waals surface area contributed by atoms with Crippen LogP contribution in [-0.4, -0.2) is 28.9 Å². The normalized spacial score (nSPS) is 10.5. The summed E-state index contributed by atoms with van der Waals surface area (Å²) in [6, 6.07) is 5.26. The summed E-state index contributed by atoms with van der Waals surface area (Å²) in [5, 5.41) is 16.2. The maximum Gasteiger partial charge on any atom is 0.227 e. The molecule has 0 amide bonds. The van der Waals surface area contributed by atoms with Crippen molar-refractivity contribution in [3.63, 3.8) is 0 Å². The van der Waals surface area contributed by atoms with E-state index in [1.807, 2.05) is 6.07 Å². The Hall–Kier alpha value is -2.08. The first kappa shape index (κ1) is 12.4. The van der Waals surface area contributed by atoms with Crippen LogP contribution in [0.2, 0.25) is 0 Å². The molecule has 0 aliphatic heterocycles. The van der Waals surface area contributed by atoms with Crippen molar-refractivity contribution in [1.29, 1.82) is 0 Å². The van der Waals surface area contributed by atoms with Crippen LogP contribution in [0.4, 0.5) is 0 Å². The van der Waals surface area contributed by atoms with Gasteiger partial charge in [0, 0.05) is 19.5 Å². The highest BCUT2D eigenvalue weighted by Crippen LogP contribution is 2.25. The number of aromatic hydroxyl groups is 1. The predicted octanol–water partition coefficient (Wildman–Crippen LogP) is 1.12. The summed E-state index contributed by atoms with van der Waals surface area (Å²) >= 11 is 0. The zero-order valence-corrected chi connectivity index (χ0v) is 10.1. The Morgan fingerprint density at radius 2 is 2.33 bits per heavy atom. The number of methoxy groups -OCH3 is 1. The largest absolute Gasteiger partial charge is 0.504 e. The second kappa shape index (κ2) is 6.02. The lowest BCUT2D eigenvalue weighted by molar-refractivity contribution is 0.372. The van der Waals surface area contributed by atoms with Gasteiger partial charge < -0.3 is 19.7 Å². The molecule has 0 unspecified atom stereocenters. The number of nitrogens with one attached hydrogen (secondary N) is 1. The highest BCUT2D eigenvalue weighted by atomic mass is 16.5. The first-order valence-electron chi connectivity index (χ1n) is 5.61. The standard InChI is InChI=1S/C12H15N3O3/c1-17-11-6-9(2-3-10(11)16)7-13-5-4-12-14-8-15-18-12/h2-3,6,8,13,16H,4-5,7H2,1H3. The Balaban J connectivity index is 1.79. The monoisotopic (exact) mass is 249 g/mol. The van der Waals surface area contributed by atoms with E-state index in [2.05, 4.69) is 15.5 Å². The lowest BCUT2D eigenvalue weighted by Gasteiger charge is -2.07. The summed E-state index contributed by atoms with van der Waals surface area (Å²) in [7, 11) is 1.53. The van der Waals surface area contributed by atoms with E-state index in [4.69, 9.17) is 9.26 Å². The van der Waals surface area contributed by atoms with Crippen molar-refractivity contribution in [3.05, 3.63) is 36.0 Å². The number of benzene rings is 1. The number of hydrogen-bond donors (Lipinski definition) is 2. The molecule has 2 N–H and O–H groups in total. The van der Waals surface area contributed by atoms with Crippen molar-refractivity contribution in [2.75, 3.05) is 13.7 Å². The maximum atomic E-state index is 9.46. The lowest BCUT2D eigenvalue weighted by atomic mass is 10.2. The number of phenols is 1. The lowest BCUT2D eigenvalue weighted by Crippen LogP contribution is -2.16. The fourth-order valence-corrected chi connectivity index (χ4v) is 1.57. The first-order valence-corrected chi connectivity index (χ1v) is 5.61. The molecule has 0 aliphatic rings. The molecule has 0 saturated heterocycles. The van der Waals surface area contributed by atoms with Crippen LogP contribution in [0.15, 0.2) is 29.0 Å². The van der Waals surface area contributed by atoms with Gasteiger partial charge in [-0.3, -0.25) is 0 Å². The molecule has 0 aliphatic carbocycles. The third kappa shape index (κ3) is 3.21. The predicted molar refractivity (Wildman–Crippen MR) is 64.4 cm³/mol. The molecule has 0 radical (unpaired) electrons. The van der Waals surface area contributed by atoms with Crippen molar-refractivity contribution in [2.24, 2.45) is 0 Å². The third-order valence-corrected chi connectivity index (χ3v) is 2.50. The smallest absolute Gasteiger partial charge is 0.227 e. The second-order valence-corrected chi connectivity index (χ2v) is 3.77. The zero-order valence-electron chi connectivity index (χ0n) is 10.1. The number of nitrogens with zero attached hydrogens (tertiary/aromatic N) is 2. The van der Waals surface area contributed by atoms with E-state index >= 15 is 0 Å². The average Bonchev–Trinajstić information content (AvgIpc) is 2.89.